The molecule has 14 heteroatoms. The summed E-state index contributed by atoms with van der Waals surface area (Å²) in [5.41, 5.74) is 26.7. The molecule has 0 radical (unpaired) electrons. The van der Waals surface area contributed by atoms with Gasteiger partial charge in [0.25, 0.3) is 0 Å². The van der Waals surface area contributed by atoms with E-state index < -0.39 is 41.8 Å². The number of piperazine rings is 1. The first-order valence-corrected chi connectivity index (χ1v) is 11.3. The van der Waals surface area contributed by atoms with Crippen molar-refractivity contribution < 1.29 is 19.2 Å². The summed E-state index contributed by atoms with van der Waals surface area (Å²) < 4.78 is 0. The number of ketones is 1. The predicted molar refractivity (Wildman–Crippen MR) is 126 cm³/mol. The van der Waals surface area contributed by atoms with Crippen molar-refractivity contribution in [2.75, 3.05) is 26.7 Å². The van der Waals surface area contributed by atoms with Crippen molar-refractivity contribution in [1.29, 1.82) is 0 Å². The smallest absolute Gasteiger partial charge is 0.240 e. The molecule has 3 amide bonds. The summed E-state index contributed by atoms with van der Waals surface area (Å²) in [4.78, 5) is 60.3. The highest BCUT2D eigenvalue weighted by Gasteiger charge is 2.45. The monoisotopic (exact) mass is 480 g/mol. The minimum absolute atomic E-state index is 0.00857. The van der Waals surface area contributed by atoms with Gasteiger partial charge < -0.3 is 39.3 Å². The minimum atomic E-state index is -0.948. The van der Waals surface area contributed by atoms with E-state index in [-0.39, 0.29) is 36.6 Å². The summed E-state index contributed by atoms with van der Waals surface area (Å²) in [6, 6.07) is -2.19. The highest BCUT2D eigenvalue weighted by molar-refractivity contribution is 5.98. The first-order valence-electron chi connectivity index (χ1n) is 11.3. The summed E-state index contributed by atoms with van der Waals surface area (Å²) in [5, 5.41) is 5.37. The molecule has 190 valence electrons. The van der Waals surface area contributed by atoms with E-state index >= 15 is 0 Å². The van der Waals surface area contributed by atoms with E-state index in [4.69, 9.17) is 28.7 Å². The molecular weight excluding hydrogens is 444 g/mol. The number of nitrogens with zero attached hydrogens (tertiary/aromatic N) is 3. The normalized spacial score (nSPS) is 27.3. The van der Waals surface area contributed by atoms with Crippen LogP contribution in [-0.2, 0) is 19.2 Å². The quantitative estimate of drug-likeness (QED) is 0.0864. The van der Waals surface area contributed by atoms with E-state index in [1.54, 1.807) is 11.9 Å². The van der Waals surface area contributed by atoms with Gasteiger partial charge in [-0.15, -0.1) is 0 Å². The Kier molecular flexibility index (Phi) is 9.59. The van der Waals surface area contributed by atoms with Crippen molar-refractivity contribution in [3.63, 3.8) is 0 Å². The van der Waals surface area contributed by atoms with Crippen LogP contribution in [0.5, 0.6) is 0 Å². The molecule has 1 unspecified atom stereocenters. The molecule has 34 heavy (non-hydrogen) atoms. The Labute approximate surface area is 198 Å². The Hall–Kier alpha value is -3.42. The fraction of sp³-hybridized carbons (Fsp3) is 0.700. The molecule has 0 aromatic rings. The zero-order chi connectivity index (χ0) is 25.4. The van der Waals surface area contributed by atoms with Crippen molar-refractivity contribution in [3.8, 4) is 0 Å². The Morgan fingerprint density at radius 1 is 0.912 bits per heavy atom. The van der Waals surface area contributed by atoms with E-state index in [0.717, 1.165) is 0 Å². The Morgan fingerprint density at radius 3 is 2.00 bits per heavy atom. The molecular formula is C20H36N10O4. The van der Waals surface area contributed by atoms with Gasteiger partial charge in [0, 0.05) is 31.5 Å². The number of piperidine rings is 1. The van der Waals surface area contributed by atoms with Crippen LogP contribution in [-0.4, -0.2) is 85.1 Å². The predicted octanol–water partition coefficient (Wildman–Crippen LogP) is -3.93. The van der Waals surface area contributed by atoms with E-state index in [9.17, 15) is 19.2 Å². The van der Waals surface area contributed by atoms with Crippen LogP contribution >= 0.6 is 0 Å². The maximum absolute atomic E-state index is 13.5. The number of guanidine groups is 2. The van der Waals surface area contributed by atoms with Gasteiger partial charge >= 0.3 is 0 Å². The maximum atomic E-state index is 13.5. The minimum Gasteiger partial charge on any atom is -0.370 e. The van der Waals surface area contributed by atoms with Crippen LogP contribution in [0.25, 0.3) is 0 Å². The number of hydrogen-bond donors (Lipinski definition) is 7. The zero-order valence-electron chi connectivity index (χ0n) is 19.4. The molecule has 2 rings (SSSR count). The molecule has 2 fully saturated rings. The topological polar surface area (TPSA) is 250 Å². The van der Waals surface area contributed by atoms with Gasteiger partial charge in [0.2, 0.25) is 17.7 Å². The second-order valence-corrected chi connectivity index (χ2v) is 8.73. The van der Waals surface area contributed by atoms with Crippen LogP contribution < -0.4 is 39.3 Å². The fourth-order valence-corrected chi connectivity index (χ4v) is 4.48. The number of carbonyl (C=O) groups excluding carboxylic acids is 4. The van der Waals surface area contributed by atoms with Crippen molar-refractivity contribution in [1.82, 2.24) is 15.5 Å². The van der Waals surface area contributed by atoms with Crippen molar-refractivity contribution >= 4 is 35.4 Å². The highest BCUT2D eigenvalue weighted by Crippen LogP contribution is 2.30. The lowest BCUT2D eigenvalue weighted by Crippen LogP contribution is -2.64. The molecule has 0 aromatic carbocycles. The number of nitrogens with two attached hydrogens (primary N) is 5. The second kappa shape index (κ2) is 12.2. The number of primary amides is 1. The molecule has 12 N–H and O–H groups in total. The molecule has 0 bridgehead atoms. The molecule has 2 aliphatic heterocycles. The lowest BCUT2D eigenvalue weighted by atomic mass is 9.75. The molecule has 2 aliphatic rings. The summed E-state index contributed by atoms with van der Waals surface area (Å²) in [5.74, 6) is -3.25. The molecule has 0 aromatic heterocycles. The molecule has 0 spiro atoms. The lowest BCUT2D eigenvalue weighted by molar-refractivity contribution is -0.144. The Balaban J connectivity index is 2.08. The van der Waals surface area contributed by atoms with E-state index in [2.05, 4.69) is 20.6 Å². The second-order valence-electron chi connectivity index (χ2n) is 8.73. The summed E-state index contributed by atoms with van der Waals surface area (Å²) in [6.07, 6.45) is 2.00. The van der Waals surface area contributed by atoms with Crippen LogP contribution in [0.4, 0.5) is 0 Å². The van der Waals surface area contributed by atoms with Crippen molar-refractivity contribution in [3.05, 3.63) is 0 Å². The van der Waals surface area contributed by atoms with Crippen LogP contribution in [0.3, 0.4) is 0 Å². The van der Waals surface area contributed by atoms with Crippen LogP contribution in [0, 0.1) is 11.8 Å². The lowest BCUT2D eigenvalue weighted by Gasteiger charge is -2.40. The molecule has 2 heterocycles. The average Bonchev–Trinajstić information content (AvgIpc) is 2.75. The van der Waals surface area contributed by atoms with E-state index in [0.29, 0.717) is 38.8 Å². The number of hydrogen-bond acceptors (Lipinski definition) is 7. The number of aliphatic imine (C=N–C) groups is 2. The third kappa shape index (κ3) is 7.30. The van der Waals surface area contributed by atoms with Crippen molar-refractivity contribution in [2.24, 2.45) is 50.5 Å². The van der Waals surface area contributed by atoms with Gasteiger partial charge in [-0.25, -0.2) is 0 Å². The Morgan fingerprint density at radius 2 is 1.47 bits per heavy atom. The number of nitrogens with one attached hydrogen (secondary N) is 2. The van der Waals surface area contributed by atoms with Gasteiger partial charge in [-0.1, -0.05) is 0 Å². The van der Waals surface area contributed by atoms with Crippen molar-refractivity contribution in [2.45, 2.75) is 50.2 Å². The number of rotatable bonds is 11. The van der Waals surface area contributed by atoms with E-state index in [1.165, 1.54) is 0 Å². The van der Waals surface area contributed by atoms with Crippen LogP contribution in [0.1, 0.15) is 32.1 Å². The average molecular weight is 481 g/mol. The third-order valence-electron chi connectivity index (χ3n) is 6.20. The summed E-state index contributed by atoms with van der Waals surface area (Å²) >= 11 is 0. The third-order valence-corrected chi connectivity index (χ3v) is 6.20. The van der Waals surface area contributed by atoms with Gasteiger partial charge in [-0.05, 0) is 39.2 Å². The summed E-state index contributed by atoms with van der Waals surface area (Å²) in [6.45, 7) is 0.976. The number of amides is 3. The number of Topliss-reactive ketones (excluding diaryl/α,β-unsaturated/α-hetero) is 1. The van der Waals surface area contributed by atoms with Gasteiger partial charge in [0.1, 0.15) is 12.1 Å². The van der Waals surface area contributed by atoms with Crippen LogP contribution in [0.15, 0.2) is 9.98 Å². The molecule has 14 nitrogen and oxygen atoms in total. The number of likely N-dealkylation sites (N-methyl/N-ethyl adjacent to an activating group) is 1. The first-order chi connectivity index (χ1) is 16.0. The van der Waals surface area contributed by atoms with Gasteiger partial charge in [0.05, 0.1) is 6.04 Å². The molecule has 0 saturated carbocycles. The van der Waals surface area contributed by atoms with Gasteiger partial charge in [-0.2, -0.15) is 0 Å². The standard InChI is InChI=1S/C20H36N10O4/c1-30-9-13(29-18(34)14(30)5-3-7-27-20(24)25)15(31)11-8-12(16(21)32)28-17(33)10(11)4-2-6-26-19(22)23/h10-14H,2-9H2,1H3,(H2,21,32)(H,28,33)(H,29,34)(H4,22,23,26)(H4,24,25,27)/t10-,11?,12-,13-,14+/m1/s1. The Bertz CT molecular complexity index is 837. The number of carbonyl (C=O) groups is 4. The highest BCUT2D eigenvalue weighted by atomic mass is 16.2. The molecule has 0 aliphatic carbocycles. The first kappa shape index (κ1) is 26.8. The largest absolute Gasteiger partial charge is 0.370 e. The SMILES string of the molecule is CN1C[C@H](C(=O)C2C[C@H](C(N)=O)NC(=O)[C@@H]2CCCN=C(N)N)NC(=O)[C@@H]1CCCN=C(N)N. The molecule has 2 saturated heterocycles. The maximum Gasteiger partial charge on any atom is 0.240 e. The zero-order valence-corrected chi connectivity index (χ0v) is 19.4. The van der Waals surface area contributed by atoms with Crippen LogP contribution in [0.2, 0.25) is 0 Å². The van der Waals surface area contributed by atoms with Gasteiger partial charge in [-0.3, -0.25) is 34.1 Å². The summed E-state index contributed by atoms with van der Waals surface area (Å²) in [7, 11) is 1.76. The molecule has 5 atom stereocenters. The van der Waals surface area contributed by atoms with Gasteiger partial charge in [0.15, 0.2) is 17.7 Å². The van der Waals surface area contributed by atoms with E-state index in [1.807, 2.05) is 0 Å². The fourth-order valence-electron chi connectivity index (χ4n) is 4.48.